The van der Waals surface area contributed by atoms with Crippen molar-refractivity contribution < 1.29 is 31.5 Å². The molecule has 0 atom stereocenters. The number of thiocarbonyl (C=S) groups is 1. The van der Waals surface area contributed by atoms with E-state index < -0.39 is 45.9 Å². The molecule has 4 nitrogen and oxygen atoms in total. The molecule has 2 rings (SSSR count). The van der Waals surface area contributed by atoms with Crippen molar-refractivity contribution in [2.45, 2.75) is 13.8 Å². The molecule has 11 heteroatoms. The summed E-state index contributed by atoms with van der Waals surface area (Å²) in [6, 6.07) is 0. The highest BCUT2D eigenvalue weighted by molar-refractivity contribution is 7.80. The van der Waals surface area contributed by atoms with Crippen molar-refractivity contribution in [1.82, 2.24) is 0 Å². The van der Waals surface area contributed by atoms with Crippen molar-refractivity contribution in [3.63, 3.8) is 0 Å². The lowest BCUT2D eigenvalue weighted by Crippen LogP contribution is -2.22. The van der Waals surface area contributed by atoms with Gasteiger partial charge in [-0.1, -0.05) is 0 Å². The van der Waals surface area contributed by atoms with Gasteiger partial charge < -0.3 is 15.4 Å². The van der Waals surface area contributed by atoms with E-state index in [0.717, 1.165) is 16.2 Å². The van der Waals surface area contributed by atoms with Crippen LogP contribution in [-0.4, -0.2) is 18.2 Å². The van der Waals surface area contributed by atoms with E-state index in [1.54, 1.807) is 13.8 Å². The smallest absolute Gasteiger partial charge is 0.341 e. The molecular weight excluding hydrogens is 399 g/mol. The van der Waals surface area contributed by atoms with Crippen LogP contribution in [0, 0.1) is 42.9 Å². The molecule has 0 aliphatic heterocycles. The van der Waals surface area contributed by atoms with Crippen LogP contribution in [0.3, 0.4) is 0 Å². The lowest BCUT2D eigenvalue weighted by Gasteiger charge is -2.13. The molecule has 1 aromatic heterocycles. The van der Waals surface area contributed by atoms with Crippen LogP contribution < -0.4 is 10.6 Å². The maximum absolute atomic E-state index is 13.7. The van der Waals surface area contributed by atoms with Gasteiger partial charge in [-0.05, 0) is 31.6 Å². The molecule has 0 unspecified atom stereocenters. The van der Waals surface area contributed by atoms with Crippen molar-refractivity contribution in [2.75, 3.05) is 17.7 Å². The average molecular weight is 410 g/mol. The fourth-order valence-corrected chi connectivity index (χ4v) is 3.35. The number of anilines is 2. The van der Waals surface area contributed by atoms with Crippen LogP contribution in [0.15, 0.2) is 0 Å². The van der Waals surface area contributed by atoms with Gasteiger partial charge in [0.15, 0.2) is 28.4 Å². The normalized spacial score (nSPS) is 10.6. The number of thiophene rings is 1. The van der Waals surface area contributed by atoms with Crippen LogP contribution in [0.4, 0.5) is 32.6 Å². The van der Waals surface area contributed by atoms with Gasteiger partial charge in [-0.3, -0.25) is 0 Å². The van der Waals surface area contributed by atoms with E-state index in [-0.39, 0.29) is 10.6 Å². The Labute approximate surface area is 154 Å². The van der Waals surface area contributed by atoms with Crippen molar-refractivity contribution in [3.8, 4) is 0 Å². The Hall–Kier alpha value is -2.27. The van der Waals surface area contributed by atoms with E-state index in [1.165, 1.54) is 7.11 Å². The van der Waals surface area contributed by atoms with Gasteiger partial charge in [-0.2, -0.15) is 0 Å². The van der Waals surface area contributed by atoms with Crippen molar-refractivity contribution in [2.24, 2.45) is 0 Å². The monoisotopic (exact) mass is 410 g/mol. The third-order valence-corrected chi connectivity index (χ3v) is 4.78. The topological polar surface area (TPSA) is 50.4 Å². The molecule has 0 aliphatic rings. The molecule has 2 aromatic rings. The van der Waals surface area contributed by atoms with Gasteiger partial charge in [0.05, 0.1) is 12.7 Å². The Morgan fingerprint density at radius 3 is 1.96 bits per heavy atom. The van der Waals surface area contributed by atoms with E-state index in [2.05, 4.69) is 10.1 Å². The molecule has 0 fully saturated rings. The van der Waals surface area contributed by atoms with Crippen LogP contribution in [0.25, 0.3) is 0 Å². The number of hydrogen-bond acceptors (Lipinski definition) is 4. The van der Waals surface area contributed by atoms with E-state index in [0.29, 0.717) is 5.56 Å². The number of carbonyl (C=O) groups is 1. The number of ether oxygens (including phenoxy) is 1. The van der Waals surface area contributed by atoms with E-state index in [9.17, 15) is 26.7 Å². The second kappa shape index (κ2) is 7.54. The summed E-state index contributed by atoms with van der Waals surface area (Å²) in [4.78, 5) is 12.6. The first-order chi connectivity index (χ1) is 12.1. The third-order valence-electron chi connectivity index (χ3n) is 3.45. The predicted molar refractivity (Wildman–Crippen MR) is 91.2 cm³/mol. The predicted octanol–water partition coefficient (Wildman–Crippen LogP) is 4.66. The van der Waals surface area contributed by atoms with E-state index in [4.69, 9.17) is 12.2 Å². The van der Waals surface area contributed by atoms with Gasteiger partial charge in [-0.25, -0.2) is 26.7 Å². The summed E-state index contributed by atoms with van der Waals surface area (Å²) < 4.78 is 71.5. The highest BCUT2D eigenvalue weighted by Gasteiger charge is 2.27. The fourth-order valence-electron chi connectivity index (χ4n) is 2.03. The maximum atomic E-state index is 13.7. The molecule has 0 bridgehead atoms. The Bertz CT molecular complexity index is 885. The molecule has 26 heavy (non-hydrogen) atoms. The minimum absolute atomic E-state index is 0.150. The molecule has 0 amide bonds. The molecule has 0 radical (unpaired) electrons. The Morgan fingerprint density at radius 2 is 1.46 bits per heavy atom. The van der Waals surface area contributed by atoms with Crippen LogP contribution in [-0.2, 0) is 4.74 Å². The van der Waals surface area contributed by atoms with Crippen molar-refractivity contribution in [1.29, 1.82) is 0 Å². The molecule has 0 spiro atoms. The van der Waals surface area contributed by atoms with Crippen molar-refractivity contribution >= 4 is 45.3 Å². The lowest BCUT2D eigenvalue weighted by atomic mass is 10.1. The fraction of sp³-hybridized carbons (Fsp3) is 0.200. The van der Waals surface area contributed by atoms with E-state index >= 15 is 0 Å². The number of aryl methyl sites for hydroxylation is 1. The summed E-state index contributed by atoms with van der Waals surface area (Å²) in [5.74, 6) is -11.3. The van der Waals surface area contributed by atoms with Crippen LogP contribution in [0.5, 0.6) is 0 Å². The zero-order valence-corrected chi connectivity index (χ0v) is 15.2. The van der Waals surface area contributed by atoms with Crippen molar-refractivity contribution in [3.05, 3.63) is 45.1 Å². The highest BCUT2D eigenvalue weighted by Crippen LogP contribution is 2.33. The minimum Gasteiger partial charge on any atom is -0.465 e. The molecule has 0 saturated carbocycles. The van der Waals surface area contributed by atoms with Gasteiger partial charge in [0.25, 0.3) is 0 Å². The van der Waals surface area contributed by atoms with Crippen LogP contribution >= 0.6 is 23.6 Å². The number of nitrogens with one attached hydrogen (secondary N) is 2. The average Bonchev–Trinajstić information content (AvgIpc) is 2.88. The Kier molecular flexibility index (Phi) is 5.81. The zero-order chi connectivity index (χ0) is 19.8. The number of hydrogen-bond donors (Lipinski definition) is 2. The molecule has 1 heterocycles. The molecule has 1 aromatic carbocycles. The maximum Gasteiger partial charge on any atom is 0.341 e. The quantitative estimate of drug-likeness (QED) is 0.254. The standard InChI is InChI=1S/C15H11F5N2O2S2/c1-4-5(2)26-13(6(4)14(23)24-3)22-15(25)21-12-10(19)8(17)7(16)9(18)11(12)20/h1-3H3,(H2,21,22,25). The summed E-state index contributed by atoms with van der Waals surface area (Å²) in [7, 11) is 1.17. The first-order valence-corrected chi connectivity index (χ1v) is 8.10. The lowest BCUT2D eigenvalue weighted by molar-refractivity contribution is 0.0601. The molecule has 0 aliphatic carbocycles. The SMILES string of the molecule is COC(=O)c1c(NC(=S)Nc2c(F)c(F)c(F)c(F)c2F)sc(C)c1C. The summed E-state index contributed by atoms with van der Waals surface area (Å²) in [6.07, 6.45) is 0. The molecule has 140 valence electrons. The van der Waals surface area contributed by atoms with Crippen LogP contribution in [0.2, 0.25) is 0 Å². The third kappa shape index (κ3) is 3.49. The Morgan fingerprint density at radius 1 is 0.962 bits per heavy atom. The first-order valence-electron chi connectivity index (χ1n) is 6.87. The summed E-state index contributed by atoms with van der Waals surface area (Å²) >= 11 is 5.96. The van der Waals surface area contributed by atoms with E-state index in [1.807, 2.05) is 5.32 Å². The molecular formula is C15H11F5N2O2S2. The van der Waals surface area contributed by atoms with Gasteiger partial charge in [-0.15, -0.1) is 11.3 Å². The van der Waals surface area contributed by atoms with Gasteiger partial charge in [0, 0.05) is 4.88 Å². The van der Waals surface area contributed by atoms with Gasteiger partial charge in [0.2, 0.25) is 5.82 Å². The number of benzene rings is 1. The second-order valence-electron chi connectivity index (χ2n) is 5.00. The number of rotatable bonds is 3. The molecule has 2 N–H and O–H groups in total. The van der Waals surface area contributed by atoms with Gasteiger partial charge >= 0.3 is 5.97 Å². The zero-order valence-electron chi connectivity index (χ0n) is 13.5. The Balaban J connectivity index is 2.35. The number of carbonyl (C=O) groups excluding carboxylic acids is 1. The number of halogens is 5. The summed E-state index contributed by atoms with van der Waals surface area (Å²) in [6.45, 7) is 3.38. The molecule has 0 saturated heterocycles. The number of esters is 1. The first kappa shape index (κ1) is 20.0. The minimum atomic E-state index is -2.28. The van der Waals surface area contributed by atoms with Gasteiger partial charge in [0.1, 0.15) is 10.7 Å². The van der Waals surface area contributed by atoms with Crippen LogP contribution in [0.1, 0.15) is 20.8 Å². The second-order valence-corrected chi connectivity index (χ2v) is 6.64. The summed E-state index contributed by atoms with van der Waals surface area (Å²) in [5.41, 5.74) is -0.552. The number of methoxy groups -OCH3 is 1. The largest absolute Gasteiger partial charge is 0.465 e. The highest BCUT2D eigenvalue weighted by atomic mass is 32.1. The summed E-state index contributed by atoms with van der Waals surface area (Å²) in [5, 5.41) is 4.17.